The Morgan fingerprint density at radius 2 is 1.43 bits per heavy atom. The number of nitro groups is 2. The first-order chi connectivity index (χ1) is 13.4. The lowest BCUT2D eigenvalue weighted by molar-refractivity contribution is -0.422. The van der Waals surface area contributed by atoms with Gasteiger partial charge < -0.3 is 10.2 Å². The fraction of sp³-hybridized carbons (Fsp3) is 0. The van der Waals surface area contributed by atoms with Crippen molar-refractivity contribution < 1.29 is 20.1 Å². The molecule has 0 atom stereocenters. The van der Waals surface area contributed by atoms with Gasteiger partial charge in [-0.25, -0.2) is 0 Å². The van der Waals surface area contributed by atoms with Gasteiger partial charge in [0.25, 0.3) is 0 Å². The number of phenolic OH excluding ortho intramolecular Hbond substituents is 2. The van der Waals surface area contributed by atoms with Crippen molar-refractivity contribution in [2.24, 2.45) is 10.2 Å². The summed E-state index contributed by atoms with van der Waals surface area (Å²) in [5.41, 5.74) is -1.98. The molecule has 0 unspecified atom stereocenters. The molecule has 0 aliphatic heterocycles. The van der Waals surface area contributed by atoms with E-state index in [0.717, 1.165) is 0 Å². The second-order valence-electron chi connectivity index (χ2n) is 5.56. The Labute approximate surface area is 157 Å². The number of azo groups is 1. The van der Waals surface area contributed by atoms with Gasteiger partial charge in [0.15, 0.2) is 5.75 Å². The summed E-state index contributed by atoms with van der Waals surface area (Å²) in [7, 11) is 0. The second kappa shape index (κ2) is 7.50. The largest absolute Gasteiger partial charge is 0.506 e. The fourth-order valence-electron chi connectivity index (χ4n) is 2.59. The SMILES string of the molecule is O=[N+]([O-])c1cc(O)c(N=Nc2ccccc2O)c(-c2ccccc2)c1[N+](=O)[O-]. The van der Waals surface area contributed by atoms with Crippen molar-refractivity contribution in [1.82, 2.24) is 0 Å². The predicted molar refractivity (Wildman–Crippen MR) is 99.1 cm³/mol. The third kappa shape index (κ3) is 3.46. The average molecular weight is 380 g/mol. The van der Waals surface area contributed by atoms with Crippen LogP contribution in [-0.2, 0) is 0 Å². The molecule has 140 valence electrons. The van der Waals surface area contributed by atoms with E-state index in [1.165, 1.54) is 24.3 Å². The van der Waals surface area contributed by atoms with Crippen LogP contribution < -0.4 is 0 Å². The molecule has 0 radical (unpaired) electrons. The summed E-state index contributed by atoms with van der Waals surface area (Å²) >= 11 is 0. The maximum Gasteiger partial charge on any atom is 0.356 e. The van der Waals surface area contributed by atoms with Crippen molar-refractivity contribution in [3.05, 3.63) is 80.9 Å². The van der Waals surface area contributed by atoms with Crippen molar-refractivity contribution in [2.45, 2.75) is 0 Å². The molecule has 0 spiro atoms. The van der Waals surface area contributed by atoms with E-state index >= 15 is 0 Å². The fourth-order valence-corrected chi connectivity index (χ4v) is 2.59. The zero-order valence-electron chi connectivity index (χ0n) is 14.1. The summed E-state index contributed by atoms with van der Waals surface area (Å²) in [5.74, 6) is -0.848. The van der Waals surface area contributed by atoms with Crippen molar-refractivity contribution in [1.29, 1.82) is 0 Å². The van der Waals surface area contributed by atoms with Crippen molar-refractivity contribution >= 4 is 22.7 Å². The number of hydrogen-bond acceptors (Lipinski definition) is 8. The summed E-state index contributed by atoms with van der Waals surface area (Å²) < 4.78 is 0. The zero-order chi connectivity index (χ0) is 20.3. The Morgan fingerprint density at radius 1 is 0.786 bits per heavy atom. The molecule has 10 heteroatoms. The lowest BCUT2D eigenvalue weighted by atomic mass is 10.00. The van der Waals surface area contributed by atoms with Gasteiger partial charge in [-0.3, -0.25) is 20.2 Å². The standard InChI is InChI=1S/C18H12N4O6/c23-14-9-5-4-8-12(14)19-20-17-15(24)10-13(21(25)26)18(22(27)28)16(17)11-6-2-1-3-7-11/h1-10,23-24H. The van der Waals surface area contributed by atoms with Gasteiger partial charge in [0, 0.05) is 0 Å². The number of aromatic hydroxyl groups is 2. The summed E-state index contributed by atoms with van der Waals surface area (Å²) in [6.45, 7) is 0. The first-order valence-corrected chi connectivity index (χ1v) is 7.84. The zero-order valence-corrected chi connectivity index (χ0v) is 14.1. The van der Waals surface area contributed by atoms with E-state index in [0.29, 0.717) is 6.07 Å². The molecule has 10 nitrogen and oxygen atoms in total. The van der Waals surface area contributed by atoms with Crippen LogP contribution in [0.15, 0.2) is 70.9 Å². The van der Waals surface area contributed by atoms with Crippen LogP contribution in [0.25, 0.3) is 11.1 Å². The highest BCUT2D eigenvalue weighted by Crippen LogP contribution is 2.49. The van der Waals surface area contributed by atoms with Crippen LogP contribution in [0.3, 0.4) is 0 Å². The molecule has 0 aliphatic carbocycles. The van der Waals surface area contributed by atoms with Crippen LogP contribution >= 0.6 is 0 Å². The lowest BCUT2D eigenvalue weighted by Crippen LogP contribution is -1.99. The molecule has 0 fully saturated rings. The Morgan fingerprint density at radius 3 is 2.04 bits per heavy atom. The molecule has 0 bridgehead atoms. The van der Waals surface area contributed by atoms with Crippen LogP contribution in [0.2, 0.25) is 0 Å². The minimum absolute atomic E-state index is 0.0573. The van der Waals surface area contributed by atoms with Gasteiger partial charge in [-0.2, -0.15) is 0 Å². The van der Waals surface area contributed by atoms with Gasteiger partial charge in [0.1, 0.15) is 17.1 Å². The third-order valence-corrected chi connectivity index (χ3v) is 3.81. The van der Waals surface area contributed by atoms with E-state index < -0.39 is 27.0 Å². The van der Waals surface area contributed by atoms with Crippen LogP contribution in [0.1, 0.15) is 0 Å². The average Bonchev–Trinajstić information content (AvgIpc) is 2.67. The van der Waals surface area contributed by atoms with Gasteiger partial charge in [-0.15, -0.1) is 10.2 Å². The van der Waals surface area contributed by atoms with Crippen molar-refractivity contribution in [2.75, 3.05) is 0 Å². The van der Waals surface area contributed by atoms with Crippen molar-refractivity contribution in [3.63, 3.8) is 0 Å². The molecule has 3 aromatic rings. The van der Waals surface area contributed by atoms with E-state index in [1.807, 2.05) is 0 Å². The number of nitrogens with zero attached hydrogens (tertiary/aromatic N) is 4. The summed E-state index contributed by atoms with van der Waals surface area (Å²) in [4.78, 5) is 21.1. The minimum Gasteiger partial charge on any atom is -0.506 e. The first-order valence-electron chi connectivity index (χ1n) is 7.84. The first kappa shape index (κ1) is 18.5. The lowest BCUT2D eigenvalue weighted by Gasteiger charge is -2.09. The highest BCUT2D eigenvalue weighted by Gasteiger charge is 2.34. The highest BCUT2D eigenvalue weighted by atomic mass is 16.6. The van der Waals surface area contributed by atoms with E-state index in [-0.39, 0.29) is 28.3 Å². The van der Waals surface area contributed by atoms with E-state index in [2.05, 4.69) is 10.2 Å². The molecule has 0 amide bonds. The number of rotatable bonds is 5. The topological polar surface area (TPSA) is 151 Å². The van der Waals surface area contributed by atoms with Crippen LogP contribution in [0, 0.1) is 20.2 Å². The summed E-state index contributed by atoms with van der Waals surface area (Å²) in [5, 5.41) is 50.7. The summed E-state index contributed by atoms with van der Waals surface area (Å²) in [6, 6.07) is 14.4. The van der Waals surface area contributed by atoms with E-state index in [1.54, 1.807) is 30.3 Å². The predicted octanol–water partition coefficient (Wildman–Crippen LogP) is 5.00. The molecule has 3 aromatic carbocycles. The Bertz CT molecular complexity index is 1100. The van der Waals surface area contributed by atoms with Crippen LogP contribution in [0.4, 0.5) is 22.7 Å². The number of para-hydroxylation sites is 1. The molecule has 0 aromatic heterocycles. The monoisotopic (exact) mass is 380 g/mol. The van der Waals surface area contributed by atoms with E-state index in [4.69, 9.17) is 0 Å². The van der Waals surface area contributed by atoms with Crippen LogP contribution in [-0.4, -0.2) is 20.1 Å². The number of benzene rings is 3. The highest BCUT2D eigenvalue weighted by molar-refractivity contribution is 5.91. The molecular weight excluding hydrogens is 368 g/mol. The second-order valence-corrected chi connectivity index (χ2v) is 5.56. The van der Waals surface area contributed by atoms with Gasteiger partial charge in [-0.05, 0) is 17.7 Å². The maximum atomic E-state index is 11.6. The normalized spacial score (nSPS) is 10.9. The quantitative estimate of drug-likeness (QED) is 0.361. The Balaban J connectivity index is 2.33. The van der Waals surface area contributed by atoms with Gasteiger partial charge in [-0.1, -0.05) is 42.5 Å². The molecule has 2 N–H and O–H groups in total. The number of nitro benzene ring substituents is 2. The molecule has 0 saturated carbocycles. The van der Waals surface area contributed by atoms with Crippen LogP contribution in [0.5, 0.6) is 11.5 Å². The Kier molecular flexibility index (Phi) is 4.94. The summed E-state index contributed by atoms with van der Waals surface area (Å²) in [6.07, 6.45) is 0. The smallest absolute Gasteiger partial charge is 0.356 e. The molecule has 0 heterocycles. The molecule has 0 saturated heterocycles. The number of hydrogen-bond donors (Lipinski definition) is 2. The molecular formula is C18H12N4O6. The minimum atomic E-state index is -0.950. The third-order valence-electron chi connectivity index (χ3n) is 3.81. The number of phenols is 2. The molecule has 3 rings (SSSR count). The van der Waals surface area contributed by atoms with Crippen molar-refractivity contribution in [3.8, 4) is 22.6 Å². The van der Waals surface area contributed by atoms with Gasteiger partial charge in [0.05, 0.1) is 21.5 Å². The van der Waals surface area contributed by atoms with Gasteiger partial charge in [0.2, 0.25) is 0 Å². The maximum absolute atomic E-state index is 11.6. The van der Waals surface area contributed by atoms with Gasteiger partial charge >= 0.3 is 11.4 Å². The van der Waals surface area contributed by atoms with E-state index in [9.17, 15) is 30.4 Å². The molecule has 28 heavy (non-hydrogen) atoms. The Hall–Kier alpha value is -4.34. The molecule has 0 aliphatic rings.